The predicted molar refractivity (Wildman–Crippen MR) is 58.4 cm³/mol. The fraction of sp³-hybridized carbons (Fsp3) is 0.250. The number of hydrogen-bond acceptors (Lipinski definition) is 3. The zero-order valence-electron chi connectivity index (χ0n) is 8.74. The lowest BCUT2D eigenvalue weighted by Gasteiger charge is -2.06. The van der Waals surface area contributed by atoms with Crippen molar-refractivity contribution in [2.75, 3.05) is 6.61 Å². The monoisotopic (exact) mass is 204 g/mol. The molecule has 15 heavy (non-hydrogen) atoms. The van der Waals surface area contributed by atoms with Crippen LogP contribution < -0.4 is 10.4 Å². The van der Waals surface area contributed by atoms with Crippen LogP contribution in [-0.2, 0) is 0 Å². The zero-order valence-corrected chi connectivity index (χ0v) is 8.74. The Balaban J connectivity index is 2.75. The smallest absolute Gasteiger partial charge is 0.339 e. The summed E-state index contributed by atoms with van der Waals surface area (Å²) < 4.78 is 10.5. The molecule has 3 nitrogen and oxygen atoms in total. The molecule has 1 aromatic heterocycles. The van der Waals surface area contributed by atoms with Crippen molar-refractivity contribution in [2.45, 2.75) is 13.8 Å². The molecule has 0 saturated heterocycles. The second-order valence-electron chi connectivity index (χ2n) is 3.36. The van der Waals surface area contributed by atoms with Crippen molar-refractivity contribution in [3.8, 4) is 5.75 Å². The predicted octanol–water partition coefficient (Wildman–Crippen LogP) is 2.50. The first kappa shape index (κ1) is 9.77. The van der Waals surface area contributed by atoms with Gasteiger partial charge >= 0.3 is 5.63 Å². The Morgan fingerprint density at radius 3 is 2.87 bits per heavy atom. The molecular formula is C12H12O3. The maximum Gasteiger partial charge on any atom is 0.339 e. The summed E-state index contributed by atoms with van der Waals surface area (Å²) in [5.74, 6) is 0.590. The number of fused-ring (bicyclic) bond motifs is 1. The third-order valence-corrected chi connectivity index (χ3v) is 2.16. The molecule has 0 radical (unpaired) electrons. The lowest BCUT2D eigenvalue weighted by molar-refractivity contribution is 0.341. The molecule has 0 amide bonds. The maximum absolute atomic E-state index is 11.2. The summed E-state index contributed by atoms with van der Waals surface area (Å²) in [6.07, 6.45) is 0. The van der Waals surface area contributed by atoms with Gasteiger partial charge in [-0.05, 0) is 26.0 Å². The van der Waals surface area contributed by atoms with Gasteiger partial charge in [0.1, 0.15) is 11.3 Å². The zero-order chi connectivity index (χ0) is 10.8. The first-order valence-electron chi connectivity index (χ1n) is 4.88. The normalized spacial score (nSPS) is 10.5. The van der Waals surface area contributed by atoms with Gasteiger partial charge in [-0.25, -0.2) is 4.79 Å². The summed E-state index contributed by atoms with van der Waals surface area (Å²) in [6, 6.07) is 7.02. The van der Waals surface area contributed by atoms with Crippen LogP contribution in [0, 0.1) is 6.92 Å². The molecule has 2 rings (SSSR count). The lowest BCUT2D eigenvalue weighted by Crippen LogP contribution is -2.01. The van der Waals surface area contributed by atoms with Crippen LogP contribution in [0.4, 0.5) is 0 Å². The Kier molecular flexibility index (Phi) is 2.46. The maximum atomic E-state index is 11.2. The number of hydrogen-bond donors (Lipinski definition) is 0. The van der Waals surface area contributed by atoms with E-state index in [-0.39, 0.29) is 5.63 Å². The first-order valence-corrected chi connectivity index (χ1v) is 4.88. The minimum atomic E-state index is -0.380. The first-order chi connectivity index (χ1) is 7.20. The van der Waals surface area contributed by atoms with E-state index in [0.29, 0.717) is 17.9 Å². The fourth-order valence-electron chi connectivity index (χ4n) is 1.52. The van der Waals surface area contributed by atoms with Crippen LogP contribution in [0.2, 0.25) is 0 Å². The highest BCUT2D eigenvalue weighted by atomic mass is 16.5. The average molecular weight is 204 g/mol. The Hall–Kier alpha value is -1.77. The van der Waals surface area contributed by atoms with Crippen LogP contribution in [0.15, 0.2) is 33.5 Å². The van der Waals surface area contributed by atoms with E-state index < -0.39 is 0 Å². The summed E-state index contributed by atoms with van der Waals surface area (Å²) in [7, 11) is 0. The molecule has 2 aromatic rings. The minimum Gasteiger partial charge on any atom is -0.493 e. The Morgan fingerprint density at radius 2 is 2.13 bits per heavy atom. The van der Waals surface area contributed by atoms with Crippen molar-refractivity contribution >= 4 is 11.0 Å². The van der Waals surface area contributed by atoms with Crippen LogP contribution in [0.5, 0.6) is 5.75 Å². The van der Waals surface area contributed by atoms with E-state index in [1.54, 1.807) is 6.07 Å². The van der Waals surface area contributed by atoms with Crippen molar-refractivity contribution in [3.05, 3.63) is 40.2 Å². The van der Waals surface area contributed by atoms with Crippen LogP contribution in [-0.4, -0.2) is 6.61 Å². The van der Waals surface area contributed by atoms with Crippen molar-refractivity contribution in [1.82, 2.24) is 0 Å². The summed E-state index contributed by atoms with van der Waals surface area (Å²) >= 11 is 0. The molecule has 0 aliphatic rings. The molecule has 0 aliphatic carbocycles. The average Bonchev–Trinajstić information content (AvgIpc) is 2.19. The molecular weight excluding hydrogens is 192 g/mol. The van der Waals surface area contributed by atoms with Crippen molar-refractivity contribution in [3.63, 3.8) is 0 Å². The number of rotatable bonds is 2. The standard InChI is InChI=1S/C12H12O3/c1-3-14-11-7-12(13)15-10-5-4-8(2)6-9(10)11/h4-7H,3H2,1-2H3. The van der Waals surface area contributed by atoms with Crippen molar-refractivity contribution in [1.29, 1.82) is 0 Å². The van der Waals surface area contributed by atoms with Gasteiger partial charge in [0.25, 0.3) is 0 Å². The molecule has 1 heterocycles. The van der Waals surface area contributed by atoms with Gasteiger partial charge in [0.2, 0.25) is 0 Å². The molecule has 0 aliphatic heterocycles. The van der Waals surface area contributed by atoms with E-state index in [4.69, 9.17) is 9.15 Å². The number of benzene rings is 1. The molecule has 0 bridgehead atoms. The van der Waals surface area contributed by atoms with Crippen molar-refractivity contribution in [2.24, 2.45) is 0 Å². The van der Waals surface area contributed by atoms with Crippen LogP contribution >= 0.6 is 0 Å². The third kappa shape index (κ3) is 1.86. The lowest BCUT2D eigenvalue weighted by atomic mass is 10.1. The molecule has 3 heteroatoms. The van der Waals surface area contributed by atoms with Gasteiger partial charge in [-0.3, -0.25) is 0 Å². The highest BCUT2D eigenvalue weighted by Gasteiger charge is 2.05. The van der Waals surface area contributed by atoms with E-state index in [1.807, 2.05) is 26.0 Å². The highest BCUT2D eigenvalue weighted by Crippen LogP contribution is 2.24. The molecule has 0 unspecified atom stereocenters. The topological polar surface area (TPSA) is 39.4 Å². The van der Waals surface area contributed by atoms with Crippen LogP contribution in [0.25, 0.3) is 11.0 Å². The number of ether oxygens (including phenoxy) is 1. The second kappa shape index (κ2) is 3.77. The quantitative estimate of drug-likeness (QED) is 0.705. The summed E-state index contributed by atoms with van der Waals surface area (Å²) in [6.45, 7) is 4.41. The van der Waals surface area contributed by atoms with Gasteiger partial charge in [0.15, 0.2) is 0 Å². The van der Waals surface area contributed by atoms with E-state index in [9.17, 15) is 4.79 Å². The third-order valence-electron chi connectivity index (χ3n) is 2.16. The van der Waals surface area contributed by atoms with Crippen LogP contribution in [0.3, 0.4) is 0 Å². The molecule has 78 valence electrons. The van der Waals surface area contributed by atoms with Gasteiger partial charge in [-0.1, -0.05) is 11.6 Å². The van der Waals surface area contributed by atoms with E-state index in [1.165, 1.54) is 6.07 Å². The Labute approximate surface area is 87.3 Å². The molecule has 0 saturated carbocycles. The van der Waals surface area contributed by atoms with Gasteiger partial charge in [-0.2, -0.15) is 0 Å². The Morgan fingerprint density at radius 1 is 1.33 bits per heavy atom. The summed E-state index contributed by atoms with van der Waals surface area (Å²) in [5, 5.41) is 0.844. The Bertz CT molecular complexity index is 540. The minimum absolute atomic E-state index is 0.380. The number of aryl methyl sites for hydroxylation is 1. The van der Waals surface area contributed by atoms with Gasteiger partial charge in [0.05, 0.1) is 18.1 Å². The second-order valence-corrected chi connectivity index (χ2v) is 3.36. The highest BCUT2D eigenvalue weighted by molar-refractivity contribution is 5.83. The molecule has 0 N–H and O–H groups in total. The van der Waals surface area contributed by atoms with Gasteiger partial charge < -0.3 is 9.15 Å². The SMILES string of the molecule is CCOc1cc(=O)oc2ccc(C)cc12. The fourth-order valence-corrected chi connectivity index (χ4v) is 1.52. The van der Waals surface area contributed by atoms with Crippen LogP contribution in [0.1, 0.15) is 12.5 Å². The van der Waals surface area contributed by atoms with E-state index in [2.05, 4.69) is 0 Å². The van der Waals surface area contributed by atoms with E-state index >= 15 is 0 Å². The summed E-state index contributed by atoms with van der Waals surface area (Å²) in [4.78, 5) is 11.2. The van der Waals surface area contributed by atoms with Gasteiger partial charge in [0, 0.05) is 0 Å². The van der Waals surface area contributed by atoms with Gasteiger partial charge in [-0.15, -0.1) is 0 Å². The largest absolute Gasteiger partial charge is 0.493 e. The molecule has 1 aromatic carbocycles. The molecule has 0 fully saturated rings. The van der Waals surface area contributed by atoms with E-state index in [0.717, 1.165) is 10.9 Å². The molecule has 0 atom stereocenters. The molecule has 0 spiro atoms. The van der Waals surface area contributed by atoms with Crippen molar-refractivity contribution < 1.29 is 9.15 Å². The summed E-state index contributed by atoms with van der Waals surface area (Å²) in [5.41, 5.74) is 1.30.